The molecule has 0 radical (unpaired) electrons. The lowest BCUT2D eigenvalue weighted by atomic mass is 9.99. The molecule has 0 bridgehead atoms. The summed E-state index contributed by atoms with van der Waals surface area (Å²) in [4.78, 5) is 31.2. The number of amides is 1. The zero-order chi connectivity index (χ0) is 15.4. The van der Waals surface area contributed by atoms with Gasteiger partial charge in [0.25, 0.3) is 5.69 Å². The van der Waals surface area contributed by atoms with E-state index in [2.05, 4.69) is 9.97 Å². The molecule has 0 saturated carbocycles. The lowest BCUT2D eigenvalue weighted by Gasteiger charge is -2.20. The van der Waals surface area contributed by atoms with Crippen molar-refractivity contribution in [3.05, 3.63) is 58.2 Å². The predicted molar refractivity (Wildman–Crippen MR) is 76.6 cm³/mol. The molecule has 2 aromatic rings. The number of hydrogen-bond donors (Lipinski definition) is 1. The normalized spacial score (nSPS) is 11.9. The fourth-order valence-electron chi connectivity index (χ4n) is 2.07. The van der Waals surface area contributed by atoms with Crippen molar-refractivity contribution in [3.8, 4) is 0 Å². The highest BCUT2D eigenvalue weighted by Crippen LogP contribution is 2.22. The molecule has 7 heteroatoms. The average molecular weight is 288 g/mol. The van der Waals surface area contributed by atoms with Crippen molar-refractivity contribution in [1.29, 1.82) is 0 Å². The summed E-state index contributed by atoms with van der Waals surface area (Å²) in [5.74, 6) is 0.119. The number of likely N-dealkylation sites (N-methyl/N-ethyl adjacent to an activating group) is 1. The Morgan fingerprint density at radius 2 is 2.29 bits per heavy atom. The van der Waals surface area contributed by atoms with E-state index >= 15 is 0 Å². The standard InChI is InChI=1S/C14H16N4O3/c1-10(11-4-3-5-12(8-11)18(20)21)14(19)17(2)9-13-15-6-7-16-13/h3-8,10H,9H2,1-2H3,(H,15,16). The lowest BCUT2D eigenvalue weighted by molar-refractivity contribution is -0.384. The first-order valence-corrected chi connectivity index (χ1v) is 6.46. The number of nitro groups is 1. The van der Waals surface area contributed by atoms with Crippen molar-refractivity contribution >= 4 is 11.6 Å². The Labute approximate surface area is 121 Å². The molecule has 0 aliphatic rings. The van der Waals surface area contributed by atoms with Crippen LogP contribution in [0.3, 0.4) is 0 Å². The van der Waals surface area contributed by atoms with Crippen LogP contribution in [0.4, 0.5) is 5.69 Å². The third-order valence-corrected chi connectivity index (χ3v) is 3.27. The predicted octanol–water partition coefficient (Wildman–Crippen LogP) is 2.08. The number of H-pyrrole nitrogens is 1. The molecule has 1 amide bonds. The second-order valence-electron chi connectivity index (χ2n) is 4.80. The maximum Gasteiger partial charge on any atom is 0.269 e. The SMILES string of the molecule is CC(C(=O)N(C)Cc1ncc[nH]1)c1cccc([N+](=O)[O-])c1. The Kier molecular flexibility index (Phi) is 4.32. The van der Waals surface area contributed by atoms with Gasteiger partial charge < -0.3 is 9.88 Å². The molecule has 1 unspecified atom stereocenters. The number of nitrogens with zero attached hydrogens (tertiary/aromatic N) is 3. The van der Waals surface area contributed by atoms with Gasteiger partial charge in [-0.3, -0.25) is 14.9 Å². The summed E-state index contributed by atoms with van der Waals surface area (Å²) >= 11 is 0. The molecule has 2 rings (SSSR count). The molecule has 1 aromatic heterocycles. The summed E-state index contributed by atoms with van der Waals surface area (Å²) < 4.78 is 0. The zero-order valence-electron chi connectivity index (χ0n) is 11.8. The van der Waals surface area contributed by atoms with Crippen molar-refractivity contribution in [1.82, 2.24) is 14.9 Å². The summed E-state index contributed by atoms with van der Waals surface area (Å²) in [6, 6.07) is 6.15. The van der Waals surface area contributed by atoms with Gasteiger partial charge in [-0.25, -0.2) is 4.98 Å². The Morgan fingerprint density at radius 1 is 1.52 bits per heavy atom. The van der Waals surface area contributed by atoms with Crippen LogP contribution < -0.4 is 0 Å². The minimum Gasteiger partial charge on any atom is -0.347 e. The Hall–Kier alpha value is -2.70. The number of non-ortho nitro benzene ring substituents is 1. The molecule has 1 heterocycles. The number of nitro benzene ring substituents is 1. The summed E-state index contributed by atoms with van der Waals surface area (Å²) in [5, 5.41) is 10.8. The summed E-state index contributed by atoms with van der Waals surface area (Å²) in [7, 11) is 1.68. The van der Waals surface area contributed by atoms with Crippen molar-refractivity contribution in [2.75, 3.05) is 7.05 Å². The molecule has 1 atom stereocenters. The first-order chi connectivity index (χ1) is 9.99. The third kappa shape index (κ3) is 3.44. The number of rotatable bonds is 5. The second-order valence-corrected chi connectivity index (χ2v) is 4.80. The number of aromatic nitrogens is 2. The number of aromatic amines is 1. The Balaban J connectivity index is 2.11. The molecule has 0 fully saturated rings. The topological polar surface area (TPSA) is 92.1 Å². The Bertz CT molecular complexity index is 639. The highest BCUT2D eigenvalue weighted by Gasteiger charge is 2.21. The van der Waals surface area contributed by atoms with E-state index in [0.717, 1.165) is 0 Å². The van der Waals surface area contributed by atoms with Crippen LogP contribution in [0.5, 0.6) is 0 Å². The van der Waals surface area contributed by atoms with Crippen molar-refractivity contribution in [2.45, 2.75) is 19.4 Å². The lowest BCUT2D eigenvalue weighted by Crippen LogP contribution is -2.30. The van der Waals surface area contributed by atoms with Gasteiger partial charge in [-0.1, -0.05) is 12.1 Å². The number of carbonyl (C=O) groups excluding carboxylic acids is 1. The van der Waals surface area contributed by atoms with E-state index in [1.165, 1.54) is 12.1 Å². The van der Waals surface area contributed by atoms with Crippen LogP contribution in [0.25, 0.3) is 0 Å². The maximum atomic E-state index is 12.4. The van der Waals surface area contributed by atoms with Gasteiger partial charge in [-0.05, 0) is 12.5 Å². The monoisotopic (exact) mass is 288 g/mol. The third-order valence-electron chi connectivity index (χ3n) is 3.27. The van der Waals surface area contributed by atoms with E-state index in [0.29, 0.717) is 17.9 Å². The minimum absolute atomic E-state index is 0.0131. The van der Waals surface area contributed by atoms with Crippen LogP contribution in [0.2, 0.25) is 0 Å². The quantitative estimate of drug-likeness (QED) is 0.673. The van der Waals surface area contributed by atoms with Crippen molar-refractivity contribution in [2.24, 2.45) is 0 Å². The van der Waals surface area contributed by atoms with E-state index in [-0.39, 0.29) is 11.6 Å². The first kappa shape index (κ1) is 14.7. The van der Waals surface area contributed by atoms with E-state index in [9.17, 15) is 14.9 Å². The molecule has 0 aliphatic heterocycles. The number of imidazole rings is 1. The molecule has 110 valence electrons. The number of nitrogens with one attached hydrogen (secondary N) is 1. The van der Waals surface area contributed by atoms with Gasteiger partial charge in [0.15, 0.2) is 0 Å². The molecule has 0 spiro atoms. The highest BCUT2D eigenvalue weighted by atomic mass is 16.6. The number of hydrogen-bond acceptors (Lipinski definition) is 4. The van der Waals surface area contributed by atoms with Crippen LogP contribution in [0.15, 0.2) is 36.7 Å². The highest BCUT2D eigenvalue weighted by molar-refractivity contribution is 5.83. The maximum absolute atomic E-state index is 12.4. The van der Waals surface area contributed by atoms with Gasteiger partial charge in [0.2, 0.25) is 5.91 Å². The van der Waals surface area contributed by atoms with Gasteiger partial charge in [-0.2, -0.15) is 0 Å². The summed E-state index contributed by atoms with van der Waals surface area (Å²) in [6.07, 6.45) is 3.31. The number of carbonyl (C=O) groups is 1. The molecule has 21 heavy (non-hydrogen) atoms. The van der Waals surface area contributed by atoms with Gasteiger partial charge >= 0.3 is 0 Å². The second kappa shape index (κ2) is 6.17. The molecule has 1 aromatic carbocycles. The zero-order valence-corrected chi connectivity index (χ0v) is 11.8. The average Bonchev–Trinajstić information content (AvgIpc) is 2.98. The first-order valence-electron chi connectivity index (χ1n) is 6.46. The van der Waals surface area contributed by atoms with Crippen LogP contribution >= 0.6 is 0 Å². The fourth-order valence-corrected chi connectivity index (χ4v) is 2.07. The number of benzene rings is 1. The smallest absolute Gasteiger partial charge is 0.269 e. The van der Waals surface area contributed by atoms with Crippen LogP contribution in [-0.4, -0.2) is 32.7 Å². The molecule has 7 nitrogen and oxygen atoms in total. The minimum atomic E-state index is -0.465. The fraction of sp³-hybridized carbons (Fsp3) is 0.286. The van der Waals surface area contributed by atoms with E-state index in [1.807, 2.05) is 0 Å². The van der Waals surface area contributed by atoms with Crippen LogP contribution in [-0.2, 0) is 11.3 Å². The van der Waals surface area contributed by atoms with Gasteiger partial charge in [0.1, 0.15) is 5.82 Å². The largest absolute Gasteiger partial charge is 0.347 e. The van der Waals surface area contributed by atoms with E-state index < -0.39 is 10.8 Å². The van der Waals surface area contributed by atoms with Crippen molar-refractivity contribution < 1.29 is 9.72 Å². The Morgan fingerprint density at radius 3 is 2.90 bits per heavy atom. The van der Waals surface area contributed by atoms with E-state index in [1.54, 1.807) is 43.4 Å². The van der Waals surface area contributed by atoms with Crippen LogP contribution in [0.1, 0.15) is 24.2 Å². The molecular weight excluding hydrogens is 272 g/mol. The molecule has 0 saturated heterocycles. The molecular formula is C14H16N4O3. The van der Waals surface area contributed by atoms with Gasteiger partial charge in [-0.15, -0.1) is 0 Å². The summed E-state index contributed by atoms with van der Waals surface area (Å²) in [6.45, 7) is 2.10. The molecule has 1 N–H and O–H groups in total. The summed E-state index contributed by atoms with van der Waals surface area (Å²) in [5.41, 5.74) is 0.612. The van der Waals surface area contributed by atoms with Crippen molar-refractivity contribution in [3.63, 3.8) is 0 Å². The molecule has 0 aliphatic carbocycles. The van der Waals surface area contributed by atoms with Crippen LogP contribution in [0, 0.1) is 10.1 Å². The van der Waals surface area contributed by atoms with Gasteiger partial charge in [0.05, 0.1) is 17.4 Å². The van der Waals surface area contributed by atoms with E-state index in [4.69, 9.17) is 0 Å². The van der Waals surface area contributed by atoms with Gasteiger partial charge in [0, 0.05) is 31.6 Å².